The fourth-order valence-corrected chi connectivity index (χ4v) is 1.64. The van der Waals surface area contributed by atoms with Gasteiger partial charge in [-0.1, -0.05) is 25.5 Å². The summed E-state index contributed by atoms with van der Waals surface area (Å²) in [6.07, 6.45) is 3.36. The summed E-state index contributed by atoms with van der Waals surface area (Å²) < 4.78 is 5.08. The van der Waals surface area contributed by atoms with Crippen LogP contribution in [0.2, 0.25) is 0 Å². The molecular formula is C16H21N3O2. The Balaban J connectivity index is 2.48. The lowest BCUT2D eigenvalue weighted by Crippen LogP contribution is -2.26. The second-order valence-corrected chi connectivity index (χ2v) is 4.51. The monoisotopic (exact) mass is 287 g/mol. The molecule has 0 fully saturated rings. The van der Waals surface area contributed by atoms with Gasteiger partial charge >= 0.3 is 0 Å². The van der Waals surface area contributed by atoms with E-state index in [2.05, 4.69) is 10.6 Å². The second-order valence-electron chi connectivity index (χ2n) is 4.51. The lowest BCUT2D eigenvalue weighted by atomic mass is 10.2. The minimum absolute atomic E-state index is 0.0830. The molecule has 1 amide bonds. The first kappa shape index (κ1) is 16.6. The van der Waals surface area contributed by atoms with Crippen molar-refractivity contribution in [3.8, 4) is 11.8 Å². The summed E-state index contributed by atoms with van der Waals surface area (Å²) in [6, 6.07) is 9.48. The lowest BCUT2D eigenvalue weighted by Gasteiger charge is -2.05. The number of hydrogen-bond acceptors (Lipinski definition) is 4. The number of methoxy groups -OCH3 is 1. The quantitative estimate of drug-likeness (QED) is 0.436. The molecule has 0 radical (unpaired) electrons. The Kier molecular flexibility index (Phi) is 7.44. The summed E-state index contributed by atoms with van der Waals surface area (Å²) in [5.74, 6) is 0.454. The number of nitriles is 1. The summed E-state index contributed by atoms with van der Waals surface area (Å²) in [6.45, 7) is 3.17. The normalized spacial score (nSPS) is 10.6. The average molecular weight is 287 g/mol. The van der Waals surface area contributed by atoms with Gasteiger partial charge in [0.25, 0.3) is 5.91 Å². The van der Waals surface area contributed by atoms with Gasteiger partial charge in [-0.3, -0.25) is 4.79 Å². The molecule has 0 aliphatic carbocycles. The molecule has 1 aromatic carbocycles. The molecule has 0 aromatic heterocycles. The molecule has 112 valence electrons. The van der Waals surface area contributed by atoms with Crippen molar-refractivity contribution in [3.05, 3.63) is 41.6 Å². The number of nitrogens with zero attached hydrogens (tertiary/aromatic N) is 1. The second kappa shape index (κ2) is 9.43. The molecule has 1 rings (SSSR count). The first-order chi connectivity index (χ1) is 10.2. The van der Waals surface area contributed by atoms with Crippen LogP contribution in [0.4, 0.5) is 0 Å². The standard InChI is InChI=1S/C16H21N3O2/c1-3-4-9-19-16(20)14(10-17)12-18-11-13-5-7-15(21-2)8-6-13/h5-8,12,18H,3-4,9,11H2,1-2H3,(H,19,20)/b14-12-. The Labute approximate surface area is 125 Å². The highest BCUT2D eigenvalue weighted by molar-refractivity contribution is 5.97. The number of nitrogens with one attached hydrogen (secondary N) is 2. The summed E-state index contributed by atoms with van der Waals surface area (Å²) in [7, 11) is 1.62. The third-order valence-corrected chi connectivity index (χ3v) is 2.89. The summed E-state index contributed by atoms with van der Waals surface area (Å²) in [5.41, 5.74) is 1.12. The van der Waals surface area contributed by atoms with E-state index in [4.69, 9.17) is 10.00 Å². The maximum Gasteiger partial charge on any atom is 0.263 e. The van der Waals surface area contributed by atoms with Gasteiger partial charge in [-0.05, 0) is 24.1 Å². The molecule has 0 aliphatic heterocycles. The van der Waals surface area contributed by atoms with Gasteiger partial charge in [0.1, 0.15) is 17.4 Å². The van der Waals surface area contributed by atoms with Crippen LogP contribution in [-0.2, 0) is 11.3 Å². The van der Waals surface area contributed by atoms with Crippen LogP contribution in [0.25, 0.3) is 0 Å². The number of carbonyl (C=O) groups excluding carboxylic acids is 1. The SMILES string of the molecule is CCCCNC(=O)/C(C#N)=C\NCc1ccc(OC)cc1. The van der Waals surface area contributed by atoms with Gasteiger partial charge in [-0.25, -0.2) is 0 Å². The zero-order valence-electron chi connectivity index (χ0n) is 12.5. The van der Waals surface area contributed by atoms with Crippen molar-refractivity contribution >= 4 is 5.91 Å². The van der Waals surface area contributed by atoms with Gasteiger partial charge in [0, 0.05) is 19.3 Å². The van der Waals surface area contributed by atoms with E-state index in [0.29, 0.717) is 13.1 Å². The van der Waals surface area contributed by atoms with E-state index in [-0.39, 0.29) is 11.5 Å². The Hall–Kier alpha value is -2.48. The van der Waals surface area contributed by atoms with Crippen LogP contribution < -0.4 is 15.4 Å². The number of unbranched alkanes of at least 4 members (excludes halogenated alkanes) is 1. The van der Waals surface area contributed by atoms with Crippen molar-refractivity contribution in [2.45, 2.75) is 26.3 Å². The molecular weight excluding hydrogens is 266 g/mol. The number of benzene rings is 1. The molecule has 1 aromatic rings. The number of carbonyl (C=O) groups is 1. The molecule has 0 aliphatic rings. The topological polar surface area (TPSA) is 74.2 Å². The highest BCUT2D eigenvalue weighted by Gasteiger charge is 2.07. The Morgan fingerprint density at radius 1 is 1.38 bits per heavy atom. The highest BCUT2D eigenvalue weighted by atomic mass is 16.5. The van der Waals surface area contributed by atoms with Gasteiger partial charge in [-0.2, -0.15) is 5.26 Å². The van der Waals surface area contributed by atoms with Crippen molar-refractivity contribution in [1.82, 2.24) is 10.6 Å². The number of rotatable bonds is 8. The maximum atomic E-state index is 11.7. The molecule has 21 heavy (non-hydrogen) atoms. The van der Waals surface area contributed by atoms with Crippen molar-refractivity contribution < 1.29 is 9.53 Å². The number of ether oxygens (including phenoxy) is 1. The zero-order chi connectivity index (χ0) is 15.5. The lowest BCUT2D eigenvalue weighted by molar-refractivity contribution is -0.117. The van der Waals surface area contributed by atoms with Crippen LogP contribution in [0.15, 0.2) is 36.0 Å². The van der Waals surface area contributed by atoms with E-state index < -0.39 is 0 Å². The molecule has 0 bridgehead atoms. The molecule has 0 heterocycles. The van der Waals surface area contributed by atoms with Gasteiger partial charge in [0.05, 0.1) is 7.11 Å². The largest absolute Gasteiger partial charge is 0.497 e. The highest BCUT2D eigenvalue weighted by Crippen LogP contribution is 2.10. The molecule has 0 unspecified atom stereocenters. The molecule has 0 saturated carbocycles. The van der Waals surface area contributed by atoms with Crippen LogP contribution in [0.1, 0.15) is 25.3 Å². The van der Waals surface area contributed by atoms with Crippen LogP contribution >= 0.6 is 0 Å². The first-order valence-electron chi connectivity index (χ1n) is 6.96. The number of hydrogen-bond donors (Lipinski definition) is 2. The van der Waals surface area contributed by atoms with E-state index >= 15 is 0 Å². The Morgan fingerprint density at radius 2 is 2.10 bits per heavy atom. The Morgan fingerprint density at radius 3 is 2.67 bits per heavy atom. The number of amides is 1. The van der Waals surface area contributed by atoms with E-state index in [1.807, 2.05) is 37.3 Å². The van der Waals surface area contributed by atoms with Crippen LogP contribution in [-0.4, -0.2) is 19.6 Å². The van der Waals surface area contributed by atoms with Gasteiger partial charge in [0.15, 0.2) is 0 Å². The van der Waals surface area contributed by atoms with E-state index in [1.54, 1.807) is 7.11 Å². The van der Waals surface area contributed by atoms with Crippen molar-refractivity contribution in [1.29, 1.82) is 5.26 Å². The van der Waals surface area contributed by atoms with Gasteiger partial charge in [-0.15, -0.1) is 0 Å². The average Bonchev–Trinajstić information content (AvgIpc) is 2.52. The van der Waals surface area contributed by atoms with E-state index in [1.165, 1.54) is 6.20 Å². The van der Waals surface area contributed by atoms with Gasteiger partial charge < -0.3 is 15.4 Å². The molecule has 0 spiro atoms. The van der Waals surface area contributed by atoms with Crippen LogP contribution in [0, 0.1) is 11.3 Å². The van der Waals surface area contributed by atoms with Crippen molar-refractivity contribution in [2.75, 3.05) is 13.7 Å². The molecule has 0 atom stereocenters. The molecule has 0 saturated heterocycles. The smallest absolute Gasteiger partial charge is 0.263 e. The summed E-state index contributed by atoms with van der Waals surface area (Å²) in [5, 5.41) is 14.7. The summed E-state index contributed by atoms with van der Waals surface area (Å²) >= 11 is 0. The summed E-state index contributed by atoms with van der Waals surface area (Å²) in [4.78, 5) is 11.7. The van der Waals surface area contributed by atoms with Crippen LogP contribution in [0.5, 0.6) is 5.75 Å². The molecule has 2 N–H and O–H groups in total. The van der Waals surface area contributed by atoms with Crippen molar-refractivity contribution in [2.24, 2.45) is 0 Å². The maximum absolute atomic E-state index is 11.7. The predicted molar refractivity (Wildman–Crippen MR) is 81.4 cm³/mol. The minimum atomic E-state index is -0.340. The minimum Gasteiger partial charge on any atom is -0.497 e. The third kappa shape index (κ3) is 6.00. The zero-order valence-corrected chi connectivity index (χ0v) is 12.5. The fraction of sp³-hybridized carbons (Fsp3) is 0.375. The fourth-order valence-electron chi connectivity index (χ4n) is 1.64. The van der Waals surface area contributed by atoms with Gasteiger partial charge in [0.2, 0.25) is 0 Å². The molecule has 5 heteroatoms. The predicted octanol–water partition coefficient (Wildman–Crippen LogP) is 2.11. The molecule has 5 nitrogen and oxygen atoms in total. The van der Waals surface area contributed by atoms with Crippen LogP contribution in [0.3, 0.4) is 0 Å². The van der Waals surface area contributed by atoms with E-state index in [0.717, 1.165) is 24.2 Å². The Bertz CT molecular complexity index is 515. The van der Waals surface area contributed by atoms with E-state index in [9.17, 15) is 4.79 Å². The first-order valence-corrected chi connectivity index (χ1v) is 6.96. The third-order valence-electron chi connectivity index (χ3n) is 2.89. The van der Waals surface area contributed by atoms with Crippen molar-refractivity contribution in [3.63, 3.8) is 0 Å².